The summed E-state index contributed by atoms with van der Waals surface area (Å²) in [6.07, 6.45) is -2.07. The fourth-order valence-corrected chi connectivity index (χ4v) is 3.32. The Hall–Kier alpha value is -0.550. The van der Waals surface area contributed by atoms with Gasteiger partial charge in [0.1, 0.15) is 0 Å². The van der Waals surface area contributed by atoms with Crippen LogP contribution in [-0.2, 0) is 6.42 Å². The summed E-state index contributed by atoms with van der Waals surface area (Å²) >= 11 is 1.62. The molecule has 1 aliphatic carbocycles. The molecule has 0 aliphatic heterocycles. The minimum atomic E-state index is -4.05. The van der Waals surface area contributed by atoms with Crippen LogP contribution in [0, 0.1) is 5.92 Å². The van der Waals surface area contributed by atoms with E-state index in [-0.39, 0.29) is 12.8 Å². The first-order chi connectivity index (χ1) is 7.89. The van der Waals surface area contributed by atoms with E-state index in [1.54, 1.807) is 11.3 Å². The van der Waals surface area contributed by atoms with E-state index in [9.17, 15) is 13.2 Å². The molecule has 1 heterocycles. The van der Waals surface area contributed by atoms with Crippen LogP contribution in [0.4, 0.5) is 13.2 Å². The van der Waals surface area contributed by atoms with Crippen LogP contribution >= 0.6 is 11.3 Å². The first-order valence-corrected chi connectivity index (χ1v) is 6.65. The molecule has 1 aromatic rings. The Labute approximate surface area is 103 Å². The maximum atomic E-state index is 12.5. The molecule has 1 aliphatic rings. The van der Waals surface area contributed by atoms with E-state index in [1.165, 1.54) is 0 Å². The van der Waals surface area contributed by atoms with Crippen LogP contribution in [0.25, 0.3) is 0 Å². The van der Waals surface area contributed by atoms with Crippen molar-refractivity contribution in [2.75, 3.05) is 0 Å². The van der Waals surface area contributed by atoms with Crippen LogP contribution in [0.3, 0.4) is 0 Å². The molecule has 0 unspecified atom stereocenters. The normalized spacial score (nSPS) is 30.5. The van der Waals surface area contributed by atoms with Gasteiger partial charge in [0.25, 0.3) is 0 Å². The molecule has 2 rings (SSSR count). The summed E-state index contributed by atoms with van der Waals surface area (Å²) < 4.78 is 37.6. The smallest absolute Gasteiger partial charge is 0.325 e. The zero-order valence-electron chi connectivity index (χ0n) is 9.46. The summed E-state index contributed by atoms with van der Waals surface area (Å²) in [4.78, 5) is 1.16. The summed E-state index contributed by atoms with van der Waals surface area (Å²) in [6.45, 7) is 0. The molecule has 1 saturated carbocycles. The third kappa shape index (κ3) is 3.22. The van der Waals surface area contributed by atoms with Crippen molar-refractivity contribution >= 4 is 11.3 Å². The Balaban J connectivity index is 1.93. The summed E-state index contributed by atoms with van der Waals surface area (Å²) in [6, 6.07) is 3.94. The molecule has 0 amide bonds. The van der Waals surface area contributed by atoms with Crippen LogP contribution in [-0.4, -0.2) is 11.7 Å². The minimum Gasteiger partial charge on any atom is -0.325 e. The molecular formula is C12H16F3NS. The van der Waals surface area contributed by atoms with Crippen molar-refractivity contribution in [1.29, 1.82) is 0 Å². The SMILES string of the molecule is NC1(Cc2cccs2)CCC(C(F)(F)F)CC1. The molecule has 17 heavy (non-hydrogen) atoms. The lowest BCUT2D eigenvalue weighted by molar-refractivity contribution is -0.184. The van der Waals surface area contributed by atoms with Crippen LogP contribution in [0.5, 0.6) is 0 Å². The van der Waals surface area contributed by atoms with Gasteiger partial charge < -0.3 is 5.73 Å². The van der Waals surface area contributed by atoms with Crippen LogP contribution < -0.4 is 5.73 Å². The summed E-state index contributed by atoms with van der Waals surface area (Å²) in [5.74, 6) is -1.15. The Morgan fingerprint density at radius 2 is 2.00 bits per heavy atom. The highest BCUT2D eigenvalue weighted by atomic mass is 32.1. The fraction of sp³-hybridized carbons (Fsp3) is 0.667. The standard InChI is InChI=1S/C12H16F3NS/c13-12(14,15)9-3-5-11(16,6-4-9)8-10-2-1-7-17-10/h1-2,7,9H,3-6,8,16H2. The van der Waals surface area contributed by atoms with Crippen LogP contribution in [0.1, 0.15) is 30.6 Å². The van der Waals surface area contributed by atoms with Crippen molar-refractivity contribution in [3.8, 4) is 0 Å². The van der Waals surface area contributed by atoms with Crippen molar-refractivity contribution in [2.45, 2.75) is 43.8 Å². The Kier molecular flexibility index (Phi) is 3.50. The highest BCUT2D eigenvalue weighted by Crippen LogP contribution is 2.41. The molecule has 2 N–H and O–H groups in total. The molecule has 96 valence electrons. The van der Waals surface area contributed by atoms with E-state index in [4.69, 9.17) is 5.73 Å². The second kappa shape index (κ2) is 4.61. The molecule has 0 aromatic carbocycles. The maximum absolute atomic E-state index is 12.5. The minimum absolute atomic E-state index is 0.172. The summed E-state index contributed by atoms with van der Waals surface area (Å²) in [5, 5.41) is 1.97. The highest BCUT2D eigenvalue weighted by molar-refractivity contribution is 7.09. The van der Waals surface area contributed by atoms with E-state index in [0.29, 0.717) is 19.3 Å². The zero-order chi connectivity index (χ0) is 12.5. The van der Waals surface area contributed by atoms with E-state index in [0.717, 1.165) is 4.88 Å². The van der Waals surface area contributed by atoms with Crippen molar-refractivity contribution in [2.24, 2.45) is 11.7 Å². The van der Waals surface area contributed by atoms with Crippen molar-refractivity contribution in [1.82, 2.24) is 0 Å². The lowest BCUT2D eigenvalue weighted by atomic mass is 9.75. The number of nitrogens with two attached hydrogens (primary N) is 1. The molecule has 5 heteroatoms. The lowest BCUT2D eigenvalue weighted by Gasteiger charge is -2.37. The second-order valence-electron chi connectivity index (χ2n) is 4.93. The third-order valence-corrected chi connectivity index (χ3v) is 4.43. The first-order valence-electron chi connectivity index (χ1n) is 5.77. The average molecular weight is 263 g/mol. The number of alkyl halides is 3. The monoisotopic (exact) mass is 263 g/mol. The average Bonchev–Trinajstić information content (AvgIpc) is 2.68. The molecule has 0 bridgehead atoms. The highest BCUT2D eigenvalue weighted by Gasteiger charge is 2.44. The van der Waals surface area contributed by atoms with Gasteiger partial charge in [-0.15, -0.1) is 11.3 Å². The predicted octanol–water partition coefficient (Wildman–Crippen LogP) is 3.74. The fourth-order valence-electron chi connectivity index (χ4n) is 2.46. The maximum Gasteiger partial charge on any atom is 0.391 e. The van der Waals surface area contributed by atoms with Gasteiger partial charge in [-0.25, -0.2) is 0 Å². The van der Waals surface area contributed by atoms with Gasteiger partial charge in [0.05, 0.1) is 5.92 Å². The zero-order valence-corrected chi connectivity index (χ0v) is 10.3. The van der Waals surface area contributed by atoms with Crippen LogP contribution in [0.15, 0.2) is 17.5 Å². The largest absolute Gasteiger partial charge is 0.391 e. The molecule has 0 atom stereocenters. The molecule has 0 saturated heterocycles. The first kappa shape index (κ1) is 12.9. The molecular weight excluding hydrogens is 247 g/mol. The molecule has 0 radical (unpaired) electrons. The van der Waals surface area contributed by atoms with Gasteiger partial charge in [-0.05, 0) is 43.6 Å². The van der Waals surface area contributed by atoms with E-state index in [2.05, 4.69) is 0 Å². The molecule has 1 fully saturated rings. The van der Waals surface area contributed by atoms with Gasteiger partial charge in [-0.1, -0.05) is 6.07 Å². The van der Waals surface area contributed by atoms with E-state index in [1.807, 2.05) is 17.5 Å². The number of hydrogen-bond acceptors (Lipinski definition) is 2. The Morgan fingerprint density at radius 3 is 2.47 bits per heavy atom. The molecule has 0 spiro atoms. The van der Waals surface area contributed by atoms with E-state index >= 15 is 0 Å². The Morgan fingerprint density at radius 1 is 1.35 bits per heavy atom. The van der Waals surface area contributed by atoms with Gasteiger partial charge in [0, 0.05) is 10.4 Å². The lowest BCUT2D eigenvalue weighted by Crippen LogP contribution is -2.47. The van der Waals surface area contributed by atoms with E-state index < -0.39 is 17.6 Å². The number of rotatable bonds is 2. The van der Waals surface area contributed by atoms with Crippen molar-refractivity contribution in [3.05, 3.63) is 22.4 Å². The van der Waals surface area contributed by atoms with Gasteiger partial charge in [-0.2, -0.15) is 13.2 Å². The second-order valence-corrected chi connectivity index (χ2v) is 5.97. The molecule has 1 nitrogen and oxygen atoms in total. The number of thiophene rings is 1. The number of halogens is 3. The summed E-state index contributed by atoms with van der Waals surface area (Å²) in [5.41, 5.74) is 5.76. The Bertz CT molecular complexity index is 350. The predicted molar refractivity (Wildman–Crippen MR) is 63.0 cm³/mol. The van der Waals surface area contributed by atoms with Gasteiger partial charge in [0.2, 0.25) is 0 Å². The third-order valence-electron chi connectivity index (χ3n) is 3.55. The van der Waals surface area contributed by atoms with Gasteiger partial charge in [0.15, 0.2) is 0 Å². The topological polar surface area (TPSA) is 26.0 Å². The van der Waals surface area contributed by atoms with Gasteiger partial charge >= 0.3 is 6.18 Å². The summed E-state index contributed by atoms with van der Waals surface area (Å²) in [7, 11) is 0. The van der Waals surface area contributed by atoms with Crippen molar-refractivity contribution in [3.63, 3.8) is 0 Å². The van der Waals surface area contributed by atoms with Crippen LogP contribution in [0.2, 0.25) is 0 Å². The van der Waals surface area contributed by atoms with Crippen molar-refractivity contribution < 1.29 is 13.2 Å². The molecule has 1 aromatic heterocycles. The van der Waals surface area contributed by atoms with Gasteiger partial charge in [-0.3, -0.25) is 0 Å². The number of hydrogen-bond donors (Lipinski definition) is 1. The quantitative estimate of drug-likeness (QED) is 0.864.